The third-order valence-corrected chi connectivity index (χ3v) is 5.52. The highest BCUT2D eigenvalue weighted by Crippen LogP contribution is 2.36. The second kappa shape index (κ2) is 6.64. The number of anilines is 2. The summed E-state index contributed by atoms with van der Waals surface area (Å²) >= 11 is 0. The first-order chi connectivity index (χ1) is 13.0. The van der Waals surface area contributed by atoms with Crippen LogP contribution in [-0.4, -0.2) is 41.1 Å². The van der Waals surface area contributed by atoms with Crippen LogP contribution in [0.1, 0.15) is 26.2 Å². The molecule has 1 saturated heterocycles. The highest BCUT2D eigenvalue weighted by Gasteiger charge is 2.48. The number of likely N-dealkylation sites (tertiary alicyclic amines) is 1. The van der Waals surface area contributed by atoms with Crippen molar-refractivity contribution in [1.82, 2.24) is 4.90 Å². The van der Waals surface area contributed by atoms with E-state index in [1.54, 1.807) is 31.2 Å². The Morgan fingerprint density at radius 1 is 1.07 bits per heavy atom. The monoisotopic (exact) mass is 367 g/mol. The highest BCUT2D eigenvalue weighted by atomic mass is 16.2. The number of carbonyl (C=O) groups excluding carboxylic acids is 4. The van der Waals surface area contributed by atoms with Crippen LogP contribution in [0.5, 0.6) is 0 Å². The zero-order valence-electron chi connectivity index (χ0n) is 15.1. The number of fused-ring (bicyclic) bond motifs is 2. The van der Waals surface area contributed by atoms with E-state index < -0.39 is 0 Å². The fourth-order valence-electron chi connectivity index (χ4n) is 4.20. The number of benzene rings is 1. The van der Waals surface area contributed by atoms with Gasteiger partial charge in [-0.3, -0.25) is 24.1 Å². The molecular formula is C20H21N3O4. The number of para-hydroxylation sites is 2. The van der Waals surface area contributed by atoms with E-state index in [-0.39, 0.29) is 54.5 Å². The molecule has 4 amide bonds. The van der Waals surface area contributed by atoms with E-state index in [1.165, 1.54) is 4.90 Å². The molecule has 0 aromatic heterocycles. The predicted octanol–water partition coefficient (Wildman–Crippen LogP) is 1.70. The van der Waals surface area contributed by atoms with Crippen LogP contribution in [0.2, 0.25) is 0 Å². The summed E-state index contributed by atoms with van der Waals surface area (Å²) in [6.07, 6.45) is 5.07. The molecule has 0 saturated carbocycles. The molecular weight excluding hydrogens is 346 g/mol. The molecule has 27 heavy (non-hydrogen) atoms. The van der Waals surface area contributed by atoms with Gasteiger partial charge in [0.15, 0.2) is 0 Å². The zero-order chi connectivity index (χ0) is 19.1. The van der Waals surface area contributed by atoms with Gasteiger partial charge in [0.05, 0.1) is 23.2 Å². The van der Waals surface area contributed by atoms with Crippen molar-refractivity contribution in [3.05, 3.63) is 36.4 Å². The molecule has 1 aromatic carbocycles. The van der Waals surface area contributed by atoms with Gasteiger partial charge < -0.3 is 10.2 Å². The van der Waals surface area contributed by atoms with Gasteiger partial charge in [-0.05, 0) is 31.9 Å². The summed E-state index contributed by atoms with van der Waals surface area (Å²) < 4.78 is 0. The average molecular weight is 367 g/mol. The van der Waals surface area contributed by atoms with Crippen molar-refractivity contribution in [3.63, 3.8) is 0 Å². The Kier molecular flexibility index (Phi) is 4.30. The number of allylic oxidation sites excluding steroid dienone is 2. The second-order valence-electron chi connectivity index (χ2n) is 7.30. The van der Waals surface area contributed by atoms with E-state index in [9.17, 15) is 19.2 Å². The van der Waals surface area contributed by atoms with Gasteiger partial charge in [0, 0.05) is 12.5 Å². The summed E-state index contributed by atoms with van der Waals surface area (Å²) in [6.45, 7) is 1.49. The Morgan fingerprint density at radius 2 is 1.70 bits per heavy atom. The van der Waals surface area contributed by atoms with Crippen LogP contribution in [0.15, 0.2) is 36.4 Å². The molecule has 0 spiro atoms. The molecule has 1 N–H and O–H groups in total. The van der Waals surface area contributed by atoms with Crippen molar-refractivity contribution >= 4 is 35.0 Å². The van der Waals surface area contributed by atoms with E-state index in [4.69, 9.17) is 0 Å². The number of imide groups is 1. The standard InChI is InChI=1S/C20H21N3O4/c1-12-10-17(24)21-15-8-4-5-9-16(15)23(12)18(25)11-22-19(26)13-6-2-3-7-14(13)20(22)27/h2-5,8-9,12-14H,6-7,10-11H2,1H3,(H,21,24)/t12-,13-,14-/m0/s1. The van der Waals surface area contributed by atoms with Crippen LogP contribution in [0.4, 0.5) is 11.4 Å². The Bertz CT molecular complexity index is 837. The van der Waals surface area contributed by atoms with Gasteiger partial charge in [0.2, 0.25) is 23.6 Å². The Balaban J connectivity index is 1.60. The van der Waals surface area contributed by atoms with Crippen LogP contribution < -0.4 is 10.2 Å². The summed E-state index contributed by atoms with van der Waals surface area (Å²) in [4.78, 5) is 53.1. The smallest absolute Gasteiger partial charge is 0.247 e. The number of amides is 4. The van der Waals surface area contributed by atoms with Crippen molar-refractivity contribution < 1.29 is 19.2 Å². The second-order valence-corrected chi connectivity index (χ2v) is 7.30. The summed E-state index contributed by atoms with van der Waals surface area (Å²) in [5, 5.41) is 2.80. The van der Waals surface area contributed by atoms with Crippen molar-refractivity contribution in [2.24, 2.45) is 11.8 Å². The number of hydrogen-bond donors (Lipinski definition) is 1. The Morgan fingerprint density at radius 3 is 2.37 bits per heavy atom. The minimum Gasteiger partial charge on any atom is -0.324 e. The molecule has 2 heterocycles. The van der Waals surface area contributed by atoms with Gasteiger partial charge in [-0.1, -0.05) is 24.3 Å². The lowest BCUT2D eigenvalue weighted by molar-refractivity contribution is -0.143. The largest absolute Gasteiger partial charge is 0.324 e. The van der Waals surface area contributed by atoms with Crippen LogP contribution >= 0.6 is 0 Å². The Labute approximate surface area is 157 Å². The predicted molar refractivity (Wildman–Crippen MR) is 98.7 cm³/mol. The quantitative estimate of drug-likeness (QED) is 0.637. The first-order valence-electron chi connectivity index (χ1n) is 9.18. The minimum atomic E-state index is -0.377. The lowest BCUT2D eigenvalue weighted by Crippen LogP contribution is -2.46. The number of nitrogens with one attached hydrogen (secondary N) is 1. The third-order valence-electron chi connectivity index (χ3n) is 5.52. The van der Waals surface area contributed by atoms with Crippen LogP contribution in [0.3, 0.4) is 0 Å². The average Bonchev–Trinajstić information content (AvgIpc) is 2.80. The van der Waals surface area contributed by atoms with E-state index in [1.807, 2.05) is 12.2 Å². The van der Waals surface area contributed by atoms with E-state index >= 15 is 0 Å². The van der Waals surface area contributed by atoms with Gasteiger partial charge in [0.25, 0.3) is 0 Å². The molecule has 4 rings (SSSR count). The lowest BCUT2D eigenvalue weighted by atomic mass is 9.85. The van der Waals surface area contributed by atoms with Crippen molar-refractivity contribution in [3.8, 4) is 0 Å². The van der Waals surface area contributed by atoms with Gasteiger partial charge in [0.1, 0.15) is 6.54 Å². The van der Waals surface area contributed by atoms with Crippen LogP contribution in [0.25, 0.3) is 0 Å². The fraction of sp³-hybridized carbons (Fsp3) is 0.400. The normalized spacial score (nSPS) is 27.1. The first kappa shape index (κ1) is 17.5. The van der Waals surface area contributed by atoms with Gasteiger partial charge in [-0.15, -0.1) is 0 Å². The molecule has 3 atom stereocenters. The molecule has 3 aliphatic rings. The summed E-state index contributed by atoms with van der Waals surface area (Å²) in [7, 11) is 0. The zero-order valence-corrected chi connectivity index (χ0v) is 15.1. The summed E-state index contributed by atoms with van der Waals surface area (Å²) in [5.41, 5.74) is 1.14. The summed E-state index contributed by atoms with van der Waals surface area (Å²) in [5.74, 6) is -1.78. The SMILES string of the molecule is C[C@H]1CC(=O)Nc2ccccc2N1C(=O)CN1C(=O)[C@H]2CC=CC[C@@H]2C1=O. The van der Waals surface area contributed by atoms with Gasteiger partial charge in [-0.25, -0.2) is 0 Å². The Hall–Kier alpha value is -2.96. The van der Waals surface area contributed by atoms with Crippen LogP contribution in [0, 0.1) is 11.8 Å². The van der Waals surface area contributed by atoms with Crippen molar-refractivity contribution in [1.29, 1.82) is 0 Å². The topological polar surface area (TPSA) is 86.8 Å². The number of hydrogen-bond acceptors (Lipinski definition) is 4. The van der Waals surface area contributed by atoms with Gasteiger partial charge >= 0.3 is 0 Å². The molecule has 7 heteroatoms. The molecule has 2 aliphatic heterocycles. The maximum Gasteiger partial charge on any atom is 0.247 e. The molecule has 140 valence electrons. The van der Waals surface area contributed by atoms with E-state index in [0.717, 1.165) is 4.90 Å². The van der Waals surface area contributed by atoms with E-state index in [2.05, 4.69) is 5.32 Å². The maximum absolute atomic E-state index is 13.1. The van der Waals surface area contributed by atoms with Crippen molar-refractivity contribution in [2.75, 3.05) is 16.8 Å². The maximum atomic E-state index is 13.1. The van der Waals surface area contributed by atoms with Gasteiger partial charge in [-0.2, -0.15) is 0 Å². The first-order valence-corrected chi connectivity index (χ1v) is 9.18. The molecule has 0 radical (unpaired) electrons. The third kappa shape index (κ3) is 2.93. The minimum absolute atomic E-state index is 0.150. The molecule has 1 aliphatic carbocycles. The fourth-order valence-corrected chi connectivity index (χ4v) is 4.20. The number of carbonyl (C=O) groups is 4. The number of nitrogens with zero attached hydrogens (tertiary/aromatic N) is 2. The molecule has 0 bridgehead atoms. The molecule has 1 fully saturated rings. The van der Waals surface area contributed by atoms with Crippen LogP contribution in [-0.2, 0) is 19.2 Å². The molecule has 7 nitrogen and oxygen atoms in total. The highest BCUT2D eigenvalue weighted by molar-refractivity contribution is 6.11. The molecule has 0 unspecified atom stereocenters. The summed E-state index contributed by atoms with van der Waals surface area (Å²) in [6, 6.07) is 6.68. The van der Waals surface area contributed by atoms with Crippen molar-refractivity contribution in [2.45, 2.75) is 32.2 Å². The van der Waals surface area contributed by atoms with E-state index in [0.29, 0.717) is 24.2 Å². The molecule has 1 aromatic rings. The number of rotatable bonds is 2. The lowest BCUT2D eigenvalue weighted by Gasteiger charge is -2.29.